The number of carbonyl (C=O) groups is 1. The van der Waals surface area contributed by atoms with Gasteiger partial charge in [-0.3, -0.25) is 0 Å². The predicted molar refractivity (Wildman–Crippen MR) is 135 cm³/mol. The molecule has 5 unspecified atom stereocenters. The molecule has 1 fully saturated rings. The SMILES string of the molecule is C=C[C@@H](CO)[C@@H]1C[C@H]2c3[nH]c4cccc(OC5OC(CO)C(O)C(O)C5O)c4c3CCN2C=C1C(=O)OC. The Labute approximate surface area is 219 Å². The van der Waals surface area contributed by atoms with Gasteiger partial charge in [0.15, 0.2) is 0 Å². The Balaban J connectivity index is 1.51. The third-order valence-corrected chi connectivity index (χ3v) is 8.00. The minimum atomic E-state index is -1.54. The number of aliphatic hydroxyl groups excluding tert-OH is 5. The molecular weight excluding hydrogens is 496 g/mol. The number of benzene rings is 1. The first-order chi connectivity index (χ1) is 18.3. The van der Waals surface area contributed by atoms with Gasteiger partial charge in [0, 0.05) is 47.8 Å². The maximum absolute atomic E-state index is 12.6. The second-order valence-electron chi connectivity index (χ2n) is 10.0. The van der Waals surface area contributed by atoms with Gasteiger partial charge >= 0.3 is 5.97 Å². The monoisotopic (exact) mass is 530 g/mol. The Morgan fingerprint density at radius 3 is 2.74 bits per heavy atom. The van der Waals surface area contributed by atoms with Crippen LogP contribution >= 0.6 is 0 Å². The van der Waals surface area contributed by atoms with Crippen LogP contribution in [0.5, 0.6) is 5.75 Å². The van der Waals surface area contributed by atoms with Crippen molar-refractivity contribution in [2.75, 3.05) is 26.9 Å². The summed E-state index contributed by atoms with van der Waals surface area (Å²) in [5, 5.41) is 51.1. The number of carbonyl (C=O) groups excluding carboxylic acids is 1. The summed E-state index contributed by atoms with van der Waals surface area (Å²) >= 11 is 0. The second-order valence-corrected chi connectivity index (χ2v) is 10.0. The Hall–Kier alpha value is -2.93. The molecular formula is C27H34N2O9. The van der Waals surface area contributed by atoms with Crippen molar-refractivity contribution >= 4 is 16.9 Å². The molecule has 0 spiro atoms. The number of aromatic nitrogens is 1. The number of aromatic amines is 1. The van der Waals surface area contributed by atoms with Crippen molar-refractivity contribution in [3.8, 4) is 5.75 Å². The summed E-state index contributed by atoms with van der Waals surface area (Å²) in [7, 11) is 1.34. The Morgan fingerprint density at radius 2 is 2.05 bits per heavy atom. The molecule has 11 heteroatoms. The summed E-state index contributed by atoms with van der Waals surface area (Å²) in [6, 6.07) is 5.34. The van der Waals surface area contributed by atoms with Crippen LogP contribution in [0.25, 0.3) is 10.9 Å². The van der Waals surface area contributed by atoms with Gasteiger partial charge in [0.1, 0.15) is 30.2 Å². The molecule has 3 aliphatic heterocycles. The number of H-pyrrole nitrogens is 1. The molecule has 4 heterocycles. The summed E-state index contributed by atoms with van der Waals surface area (Å²) in [5.41, 5.74) is 3.30. The van der Waals surface area contributed by atoms with Gasteiger partial charge in [0.05, 0.1) is 25.3 Å². The highest BCUT2D eigenvalue weighted by Gasteiger charge is 2.45. The molecule has 8 atom stereocenters. The number of hydrogen-bond acceptors (Lipinski definition) is 10. The third-order valence-electron chi connectivity index (χ3n) is 8.00. The van der Waals surface area contributed by atoms with Gasteiger partial charge in [-0.25, -0.2) is 4.79 Å². The minimum absolute atomic E-state index is 0.0985. The van der Waals surface area contributed by atoms with Crippen molar-refractivity contribution < 1.29 is 44.5 Å². The van der Waals surface area contributed by atoms with Gasteiger partial charge in [-0.2, -0.15) is 0 Å². The minimum Gasteiger partial charge on any atom is -0.466 e. The van der Waals surface area contributed by atoms with Crippen molar-refractivity contribution in [2.24, 2.45) is 11.8 Å². The molecule has 206 valence electrons. The quantitative estimate of drug-likeness (QED) is 0.214. The van der Waals surface area contributed by atoms with Gasteiger partial charge in [0.2, 0.25) is 6.29 Å². The summed E-state index contributed by atoms with van der Waals surface area (Å²) in [5.74, 6) is -0.600. The van der Waals surface area contributed by atoms with Gasteiger partial charge in [-0.05, 0) is 30.5 Å². The van der Waals surface area contributed by atoms with Crippen LogP contribution in [-0.4, -0.2) is 99.0 Å². The van der Waals surface area contributed by atoms with Crippen LogP contribution in [0.3, 0.4) is 0 Å². The predicted octanol–water partition coefficient (Wildman–Crippen LogP) is 0.117. The van der Waals surface area contributed by atoms with Crippen LogP contribution < -0.4 is 4.74 Å². The molecule has 2 aromatic rings. The Bertz CT molecular complexity index is 1220. The van der Waals surface area contributed by atoms with E-state index in [1.807, 2.05) is 12.3 Å². The third kappa shape index (κ3) is 4.39. The van der Waals surface area contributed by atoms with Crippen LogP contribution in [0, 0.1) is 11.8 Å². The number of methoxy groups -OCH3 is 1. The number of aliphatic hydroxyl groups is 5. The number of nitrogens with one attached hydrogen (secondary N) is 1. The summed E-state index contributed by atoms with van der Waals surface area (Å²) in [6.07, 6.45) is -2.23. The Kier molecular flexibility index (Phi) is 7.49. The molecule has 1 aromatic heterocycles. The largest absolute Gasteiger partial charge is 0.466 e. The zero-order valence-electron chi connectivity index (χ0n) is 21.1. The van der Waals surface area contributed by atoms with E-state index in [0.29, 0.717) is 30.7 Å². The van der Waals surface area contributed by atoms with E-state index < -0.39 is 43.3 Å². The standard InChI is InChI=1S/C27H34N2O9/c1-3-13(11-30)15-9-18-22-14(7-8-29(18)10-16(15)26(35)36-2)21-17(28-22)5-4-6-19(21)37-27-25(34)24(33)23(32)20(12-31)38-27/h3-6,10,13,15,18,20,23-25,27-28,30-34H,1,7-9,11-12H2,2H3/t13-,15-,18-,20?,23?,24?,25?,27?/m0/s1. The highest BCUT2D eigenvalue weighted by molar-refractivity contribution is 5.91. The van der Waals surface area contributed by atoms with Crippen molar-refractivity contribution in [1.82, 2.24) is 9.88 Å². The number of nitrogens with zero attached hydrogens (tertiary/aromatic N) is 1. The van der Waals surface area contributed by atoms with E-state index in [-0.39, 0.29) is 24.5 Å². The molecule has 0 aliphatic carbocycles. The molecule has 5 rings (SSSR count). The lowest BCUT2D eigenvalue weighted by Crippen LogP contribution is -2.60. The number of ether oxygens (including phenoxy) is 3. The van der Waals surface area contributed by atoms with Crippen molar-refractivity contribution in [1.29, 1.82) is 0 Å². The highest BCUT2D eigenvalue weighted by Crippen LogP contribution is 2.46. The fourth-order valence-electron chi connectivity index (χ4n) is 5.94. The van der Waals surface area contributed by atoms with E-state index >= 15 is 0 Å². The van der Waals surface area contributed by atoms with Gasteiger partial charge in [-0.15, -0.1) is 6.58 Å². The first-order valence-electron chi connectivity index (χ1n) is 12.7. The van der Waals surface area contributed by atoms with Crippen LogP contribution in [0.4, 0.5) is 0 Å². The van der Waals surface area contributed by atoms with E-state index in [0.717, 1.165) is 22.2 Å². The zero-order chi connectivity index (χ0) is 27.1. The van der Waals surface area contributed by atoms with Crippen LogP contribution in [0.15, 0.2) is 42.6 Å². The van der Waals surface area contributed by atoms with Gasteiger partial charge in [-0.1, -0.05) is 12.1 Å². The van der Waals surface area contributed by atoms with E-state index in [4.69, 9.17) is 14.2 Å². The maximum atomic E-state index is 12.6. The van der Waals surface area contributed by atoms with Crippen molar-refractivity contribution in [2.45, 2.75) is 49.6 Å². The van der Waals surface area contributed by atoms with Crippen molar-refractivity contribution in [3.05, 3.63) is 53.9 Å². The number of rotatable bonds is 7. The summed E-state index contributed by atoms with van der Waals surface area (Å²) in [4.78, 5) is 18.2. The average Bonchev–Trinajstić information content (AvgIpc) is 3.33. The van der Waals surface area contributed by atoms with Crippen LogP contribution in [0.2, 0.25) is 0 Å². The van der Waals surface area contributed by atoms with Gasteiger partial charge < -0.3 is 49.6 Å². The van der Waals surface area contributed by atoms with Crippen LogP contribution in [0.1, 0.15) is 23.7 Å². The molecule has 0 bridgehead atoms. The number of fused-ring (bicyclic) bond motifs is 5. The smallest absolute Gasteiger partial charge is 0.335 e. The molecule has 1 saturated heterocycles. The molecule has 0 radical (unpaired) electrons. The average molecular weight is 531 g/mol. The van der Waals surface area contributed by atoms with Gasteiger partial charge in [0.25, 0.3) is 0 Å². The highest BCUT2D eigenvalue weighted by atomic mass is 16.7. The molecule has 0 amide bonds. The molecule has 0 saturated carbocycles. The Morgan fingerprint density at radius 1 is 1.26 bits per heavy atom. The van der Waals surface area contributed by atoms with E-state index in [1.54, 1.807) is 18.2 Å². The first kappa shape index (κ1) is 26.7. The molecule has 38 heavy (non-hydrogen) atoms. The molecule has 3 aliphatic rings. The number of esters is 1. The zero-order valence-corrected chi connectivity index (χ0v) is 21.1. The van der Waals surface area contributed by atoms with Crippen molar-refractivity contribution in [3.63, 3.8) is 0 Å². The fourth-order valence-corrected chi connectivity index (χ4v) is 5.94. The van der Waals surface area contributed by atoms with E-state index in [1.165, 1.54) is 7.11 Å². The lowest BCUT2D eigenvalue weighted by molar-refractivity contribution is -0.277. The fraction of sp³-hybridized carbons (Fsp3) is 0.519. The maximum Gasteiger partial charge on any atom is 0.335 e. The van der Waals surface area contributed by atoms with E-state index in [2.05, 4.69) is 16.5 Å². The second kappa shape index (κ2) is 10.7. The molecule has 6 N–H and O–H groups in total. The summed E-state index contributed by atoms with van der Waals surface area (Å²) in [6.45, 7) is 3.78. The molecule has 1 aromatic carbocycles. The number of hydrogen-bond donors (Lipinski definition) is 6. The molecule has 11 nitrogen and oxygen atoms in total. The van der Waals surface area contributed by atoms with Crippen LogP contribution in [-0.2, 0) is 20.7 Å². The topological polar surface area (TPSA) is 165 Å². The normalized spacial score (nSPS) is 31.7. The summed E-state index contributed by atoms with van der Waals surface area (Å²) < 4.78 is 16.6. The van der Waals surface area contributed by atoms with E-state index in [9.17, 15) is 30.3 Å². The lowest BCUT2D eigenvalue weighted by atomic mass is 9.77. The first-order valence-corrected chi connectivity index (χ1v) is 12.7. The lowest BCUT2D eigenvalue weighted by Gasteiger charge is -2.43.